The maximum Gasteiger partial charge on any atom is 0.245 e. The van der Waals surface area contributed by atoms with Gasteiger partial charge >= 0.3 is 0 Å². The van der Waals surface area contributed by atoms with Crippen LogP contribution in [0.3, 0.4) is 0 Å². The quantitative estimate of drug-likeness (QED) is 0.664. The third kappa shape index (κ3) is 4.38. The van der Waals surface area contributed by atoms with E-state index in [1.165, 1.54) is 0 Å². The number of carbonyl (C=O) groups is 1. The average molecular weight is 333 g/mol. The molecule has 3 aromatic rings. The smallest absolute Gasteiger partial charge is 0.245 e. The standard InChI is InChI=1S/C19H19N5O/c1-13(15-6-4-3-5-7-15)21-19-23-18(12-20-24-19)22-17-10-8-16(9-11-17)14(2)25/h3-13H,1-2H3,(H2,21,22,23,24). The zero-order valence-corrected chi connectivity index (χ0v) is 14.1. The highest BCUT2D eigenvalue weighted by Crippen LogP contribution is 2.18. The van der Waals surface area contributed by atoms with Crippen LogP contribution in [-0.4, -0.2) is 21.0 Å². The van der Waals surface area contributed by atoms with Gasteiger partial charge in [0.1, 0.15) is 0 Å². The van der Waals surface area contributed by atoms with E-state index in [1.54, 1.807) is 25.3 Å². The van der Waals surface area contributed by atoms with Crippen molar-refractivity contribution in [3.05, 3.63) is 71.9 Å². The van der Waals surface area contributed by atoms with Gasteiger partial charge in [-0.3, -0.25) is 4.79 Å². The minimum Gasteiger partial charge on any atom is -0.346 e. The van der Waals surface area contributed by atoms with Crippen molar-refractivity contribution in [1.29, 1.82) is 0 Å². The first-order chi connectivity index (χ1) is 12.1. The maximum atomic E-state index is 11.3. The molecule has 1 heterocycles. The lowest BCUT2D eigenvalue weighted by atomic mass is 10.1. The molecule has 2 aromatic carbocycles. The van der Waals surface area contributed by atoms with Crippen molar-refractivity contribution in [1.82, 2.24) is 15.2 Å². The van der Waals surface area contributed by atoms with Crippen LogP contribution < -0.4 is 10.6 Å². The summed E-state index contributed by atoms with van der Waals surface area (Å²) in [7, 11) is 0. The van der Waals surface area contributed by atoms with Gasteiger partial charge in [-0.15, -0.1) is 5.10 Å². The van der Waals surface area contributed by atoms with Crippen LogP contribution in [0.15, 0.2) is 60.8 Å². The number of nitrogens with one attached hydrogen (secondary N) is 2. The fraction of sp³-hybridized carbons (Fsp3) is 0.158. The second kappa shape index (κ2) is 7.53. The maximum absolute atomic E-state index is 11.3. The molecule has 6 nitrogen and oxygen atoms in total. The molecule has 0 aliphatic rings. The number of nitrogens with zero attached hydrogens (tertiary/aromatic N) is 3. The zero-order valence-electron chi connectivity index (χ0n) is 14.1. The molecule has 0 fully saturated rings. The highest BCUT2D eigenvalue weighted by atomic mass is 16.1. The molecule has 1 unspecified atom stereocenters. The number of rotatable bonds is 6. The molecule has 0 spiro atoms. The number of ketones is 1. The number of hydrogen-bond donors (Lipinski definition) is 2. The van der Waals surface area contributed by atoms with Gasteiger partial charge in [0.2, 0.25) is 5.95 Å². The predicted molar refractivity (Wildman–Crippen MR) is 98.0 cm³/mol. The zero-order chi connectivity index (χ0) is 17.6. The van der Waals surface area contributed by atoms with E-state index in [1.807, 2.05) is 49.4 Å². The Morgan fingerprint density at radius 2 is 1.76 bits per heavy atom. The topological polar surface area (TPSA) is 79.8 Å². The molecule has 0 bridgehead atoms. The van der Waals surface area contributed by atoms with E-state index >= 15 is 0 Å². The SMILES string of the molecule is CC(=O)c1ccc(Nc2cnnc(NC(C)c3ccccc3)n2)cc1. The number of anilines is 3. The highest BCUT2D eigenvalue weighted by molar-refractivity contribution is 5.94. The molecule has 0 saturated heterocycles. The Labute approximate surface area is 146 Å². The molecule has 1 aromatic heterocycles. The number of Topliss-reactive ketones (excluding diaryl/α,β-unsaturated/α-hetero) is 1. The van der Waals surface area contributed by atoms with Gasteiger partial charge in [0, 0.05) is 11.3 Å². The van der Waals surface area contributed by atoms with Crippen molar-refractivity contribution in [3.63, 3.8) is 0 Å². The van der Waals surface area contributed by atoms with Crippen molar-refractivity contribution in [2.45, 2.75) is 19.9 Å². The van der Waals surface area contributed by atoms with E-state index in [9.17, 15) is 4.79 Å². The molecule has 0 saturated carbocycles. The van der Waals surface area contributed by atoms with Crippen molar-refractivity contribution in [2.75, 3.05) is 10.6 Å². The minimum atomic E-state index is 0.0386. The largest absolute Gasteiger partial charge is 0.346 e. The third-order valence-corrected chi connectivity index (χ3v) is 3.77. The normalized spacial score (nSPS) is 11.6. The van der Waals surface area contributed by atoms with Crippen LogP contribution in [0.1, 0.15) is 35.8 Å². The molecule has 2 N–H and O–H groups in total. The first kappa shape index (κ1) is 16.6. The minimum absolute atomic E-state index is 0.0386. The Bertz CT molecular complexity index is 849. The summed E-state index contributed by atoms with van der Waals surface area (Å²) in [5.74, 6) is 1.06. The summed E-state index contributed by atoms with van der Waals surface area (Å²) in [6.45, 7) is 3.59. The third-order valence-electron chi connectivity index (χ3n) is 3.77. The number of hydrogen-bond acceptors (Lipinski definition) is 6. The Hall–Kier alpha value is -3.28. The van der Waals surface area contributed by atoms with Crippen LogP contribution in [-0.2, 0) is 0 Å². The fourth-order valence-corrected chi connectivity index (χ4v) is 2.38. The first-order valence-corrected chi connectivity index (χ1v) is 8.01. The Morgan fingerprint density at radius 1 is 1.04 bits per heavy atom. The molecule has 6 heteroatoms. The van der Waals surface area contributed by atoms with Crippen molar-refractivity contribution >= 4 is 23.2 Å². The van der Waals surface area contributed by atoms with Crippen LogP contribution in [0, 0.1) is 0 Å². The second-order valence-electron chi connectivity index (χ2n) is 5.70. The summed E-state index contributed by atoms with van der Waals surface area (Å²) in [6, 6.07) is 17.3. The average Bonchev–Trinajstić information content (AvgIpc) is 2.63. The Kier molecular flexibility index (Phi) is 4.99. The van der Waals surface area contributed by atoms with Gasteiger partial charge in [-0.25, -0.2) is 0 Å². The van der Waals surface area contributed by atoms with E-state index in [-0.39, 0.29) is 11.8 Å². The molecule has 0 amide bonds. The van der Waals surface area contributed by atoms with Gasteiger partial charge in [-0.05, 0) is 43.7 Å². The molecule has 0 aliphatic carbocycles. The van der Waals surface area contributed by atoms with Crippen LogP contribution in [0.5, 0.6) is 0 Å². The van der Waals surface area contributed by atoms with E-state index in [0.29, 0.717) is 17.3 Å². The molecule has 25 heavy (non-hydrogen) atoms. The van der Waals surface area contributed by atoms with E-state index in [2.05, 4.69) is 25.8 Å². The molecule has 1 atom stereocenters. The van der Waals surface area contributed by atoms with Gasteiger partial charge in [0.15, 0.2) is 11.6 Å². The summed E-state index contributed by atoms with van der Waals surface area (Å²) in [4.78, 5) is 15.7. The van der Waals surface area contributed by atoms with Crippen LogP contribution >= 0.6 is 0 Å². The number of benzene rings is 2. The number of aromatic nitrogens is 3. The van der Waals surface area contributed by atoms with E-state index in [0.717, 1.165) is 11.3 Å². The predicted octanol–water partition coefficient (Wildman–Crippen LogP) is 3.99. The van der Waals surface area contributed by atoms with Gasteiger partial charge < -0.3 is 10.6 Å². The second-order valence-corrected chi connectivity index (χ2v) is 5.70. The number of carbonyl (C=O) groups excluding carboxylic acids is 1. The fourth-order valence-electron chi connectivity index (χ4n) is 2.38. The Morgan fingerprint density at radius 3 is 2.44 bits per heavy atom. The molecular weight excluding hydrogens is 314 g/mol. The van der Waals surface area contributed by atoms with Gasteiger partial charge in [0.25, 0.3) is 0 Å². The summed E-state index contributed by atoms with van der Waals surface area (Å²) in [5.41, 5.74) is 2.64. The molecule has 0 radical (unpaired) electrons. The van der Waals surface area contributed by atoms with Crippen molar-refractivity contribution in [3.8, 4) is 0 Å². The van der Waals surface area contributed by atoms with Gasteiger partial charge in [0.05, 0.1) is 12.2 Å². The van der Waals surface area contributed by atoms with E-state index in [4.69, 9.17) is 0 Å². The molecule has 126 valence electrons. The molecule has 0 aliphatic heterocycles. The van der Waals surface area contributed by atoms with Gasteiger partial charge in [-0.2, -0.15) is 10.1 Å². The van der Waals surface area contributed by atoms with Crippen LogP contribution in [0.4, 0.5) is 17.5 Å². The van der Waals surface area contributed by atoms with Crippen LogP contribution in [0.2, 0.25) is 0 Å². The van der Waals surface area contributed by atoms with E-state index < -0.39 is 0 Å². The van der Waals surface area contributed by atoms with Crippen molar-refractivity contribution in [2.24, 2.45) is 0 Å². The van der Waals surface area contributed by atoms with Crippen molar-refractivity contribution < 1.29 is 4.79 Å². The summed E-state index contributed by atoms with van der Waals surface area (Å²) in [6.07, 6.45) is 1.55. The first-order valence-electron chi connectivity index (χ1n) is 8.01. The summed E-state index contributed by atoms with van der Waals surface area (Å²) < 4.78 is 0. The lowest BCUT2D eigenvalue weighted by molar-refractivity contribution is 0.101. The highest BCUT2D eigenvalue weighted by Gasteiger charge is 2.08. The molecular formula is C19H19N5O. The van der Waals surface area contributed by atoms with Crippen LogP contribution in [0.25, 0.3) is 0 Å². The lowest BCUT2D eigenvalue weighted by Crippen LogP contribution is -2.10. The monoisotopic (exact) mass is 333 g/mol. The summed E-state index contributed by atoms with van der Waals surface area (Å²) >= 11 is 0. The molecule has 3 rings (SSSR count). The lowest BCUT2D eigenvalue weighted by Gasteiger charge is -2.14. The van der Waals surface area contributed by atoms with Gasteiger partial charge in [-0.1, -0.05) is 30.3 Å². The Balaban J connectivity index is 1.70. The summed E-state index contributed by atoms with van der Waals surface area (Å²) in [5, 5.41) is 14.4.